The van der Waals surface area contributed by atoms with Crippen molar-refractivity contribution in [2.45, 2.75) is 20.0 Å². The van der Waals surface area contributed by atoms with Gasteiger partial charge in [-0.25, -0.2) is 0 Å². The lowest BCUT2D eigenvalue weighted by Gasteiger charge is -2.10. The van der Waals surface area contributed by atoms with Gasteiger partial charge in [-0.1, -0.05) is 28.9 Å². The van der Waals surface area contributed by atoms with E-state index in [4.69, 9.17) is 20.9 Å². The predicted molar refractivity (Wildman–Crippen MR) is 85.0 cm³/mol. The van der Waals surface area contributed by atoms with Gasteiger partial charge in [0.25, 0.3) is 5.89 Å². The molecular weight excluding hydrogens is 300 g/mol. The van der Waals surface area contributed by atoms with Crippen LogP contribution in [0, 0.1) is 6.92 Å². The number of ether oxygens (including phenoxy) is 1. The molecule has 0 saturated carbocycles. The Hall–Kier alpha value is -2.33. The van der Waals surface area contributed by atoms with Crippen molar-refractivity contribution in [1.29, 1.82) is 0 Å². The number of nitrogens with zero attached hydrogens (tertiary/aromatic N) is 2. The first-order valence-corrected chi connectivity index (χ1v) is 7.32. The molecule has 5 heteroatoms. The van der Waals surface area contributed by atoms with Crippen LogP contribution in [0.15, 0.2) is 53.1 Å². The SMILES string of the molecule is Cc1cccc(OC(C)c2nc(-c3ccc(Cl)cc3)no2)c1. The molecule has 3 rings (SSSR count). The first-order valence-electron chi connectivity index (χ1n) is 6.95. The van der Waals surface area contributed by atoms with Crippen LogP contribution >= 0.6 is 11.6 Å². The minimum Gasteiger partial charge on any atom is -0.481 e. The highest BCUT2D eigenvalue weighted by Crippen LogP contribution is 2.24. The van der Waals surface area contributed by atoms with Gasteiger partial charge in [-0.15, -0.1) is 0 Å². The average molecular weight is 315 g/mol. The highest BCUT2D eigenvalue weighted by atomic mass is 35.5. The fourth-order valence-corrected chi connectivity index (χ4v) is 2.19. The Labute approximate surface area is 133 Å². The summed E-state index contributed by atoms with van der Waals surface area (Å²) < 4.78 is 11.1. The standard InChI is InChI=1S/C17H15ClN2O2/c1-11-4-3-5-15(10-11)21-12(2)17-19-16(20-22-17)13-6-8-14(18)9-7-13/h3-10,12H,1-2H3. The van der Waals surface area contributed by atoms with E-state index in [0.29, 0.717) is 16.7 Å². The van der Waals surface area contributed by atoms with Crippen molar-refractivity contribution in [2.24, 2.45) is 0 Å². The van der Waals surface area contributed by atoms with Crippen molar-refractivity contribution in [1.82, 2.24) is 10.1 Å². The Morgan fingerprint density at radius 1 is 1.14 bits per heavy atom. The molecule has 0 aliphatic carbocycles. The fourth-order valence-electron chi connectivity index (χ4n) is 2.06. The van der Waals surface area contributed by atoms with Gasteiger partial charge in [0.2, 0.25) is 5.82 Å². The lowest BCUT2D eigenvalue weighted by Crippen LogP contribution is -2.03. The summed E-state index contributed by atoms with van der Waals surface area (Å²) in [4.78, 5) is 4.38. The quantitative estimate of drug-likeness (QED) is 0.691. The van der Waals surface area contributed by atoms with Gasteiger partial charge < -0.3 is 9.26 Å². The molecule has 0 spiro atoms. The van der Waals surface area contributed by atoms with Crippen LogP contribution in [-0.4, -0.2) is 10.1 Å². The number of hydrogen-bond acceptors (Lipinski definition) is 4. The summed E-state index contributed by atoms with van der Waals surface area (Å²) >= 11 is 5.87. The third-order valence-corrected chi connectivity index (χ3v) is 3.45. The molecule has 0 fully saturated rings. The summed E-state index contributed by atoms with van der Waals surface area (Å²) in [6.07, 6.45) is -0.324. The lowest BCUT2D eigenvalue weighted by molar-refractivity contribution is 0.175. The van der Waals surface area contributed by atoms with Crippen LogP contribution in [0.1, 0.15) is 24.5 Å². The van der Waals surface area contributed by atoms with Gasteiger partial charge in [-0.2, -0.15) is 4.98 Å². The van der Waals surface area contributed by atoms with E-state index >= 15 is 0 Å². The number of aromatic nitrogens is 2. The molecule has 0 saturated heterocycles. The summed E-state index contributed by atoms with van der Waals surface area (Å²) in [5, 5.41) is 4.66. The van der Waals surface area contributed by atoms with Crippen molar-refractivity contribution in [3.63, 3.8) is 0 Å². The Morgan fingerprint density at radius 3 is 2.64 bits per heavy atom. The van der Waals surface area contributed by atoms with Gasteiger partial charge in [0.15, 0.2) is 6.10 Å². The largest absolute Gasteiger partial charge is 0.481 e. The van der Waals surface area contributed by atoms with Crippen LogP contribution in [0.25, 0.3) is 11.4 Å². The smallest absolute Gasteiger partial charge is 0.267 e. The minimum absolute atomic E-state index is 0.324. The zero-order valence-electron chi connectivity index (χ0n) is 12.3. The zero-order chi connectivity index (χ0) is 15.5. The van der Waals surface area contributed by atoms with Crippen LogP contribution in [0.3, 0.4) is 0 Å². The second-order valence-electron chi connectivity index (χ2n) is 5.04. The topological polar surface area (TPSA) is 48.2 Å². The van der Waals surface area contributed by atoms with Crippen molar-refractivity contribution >= 4 is 11.6 Å². The van der Waals surface area contributed by atoms with Crippen LogP contribution in [0.4, 0.5) is 0 Å². The molecule has 1 heterocycles. The number of benzene rings is 2. The van der Waals surface area contributed by atoms with E-state index in [9.17, 15) is 0 Å². The van der Waals surface area contributed by atoms with Crippen molar-refractivity contribution < 1.29 is 9.26 Å². The third kappa shape index (κ3) is 3.28. The summed E-state index contributed by atoms with van der Waals surface area (Å²) in [5.41, 5.74) is 1.99. The molecule has 112 valence electrons. The molecule has 0 N–H and O–H groups in total. The molecule has 4 nitrogen and oxygen atoms in total. The lowest BCUT2D eigenvalue weighted by atomic mass is 10.2. The molecule has 0 amide bonds. The number of halogens is 1. The molecule has 1 atom stereocenters. The van der Waals surface area contributed by atoms with E-state index in [1.54, 1.807) is 12.1 Å². The summed E-state index contributed by atoms with van der Waals surface area (Å²) in [7, 11) is 0. The molecule has 0 radical (unpaired) electrons. The first-order chi connectivity index (χ1) is 10.6. The maximum Gasteiger partial charge on any atom is 0.267 e. The fraction of sp³-hybridized carbons (Fsp3) is 0.176. The maximum absolute atomic E-state index is 5.87. The molecule has 1 unspecified atom stereocenters. The van der Waals surface area contributed by atoms with Gasteiger partial charge in [-0.3, -0.25) is 0 Å². The normalized spacial score (nSPS) is 12.1. The van der Waals surface area contributed by atoms with Gasteiger partial charge >= 0.3 is 0 Å². The van der Waals surface area contributed by atoms with Crippen LogP contribution in [0.2, 0.25) is 5.02 Å². The molecule has 3 aromatic rings. The molecule has 2 aromatic carbocycles. The Balaban J connectivity index is 1.76. The summed E-state index contributed by atoms with van der Waals surface area (Å²) in [6.45, 7) is 3.89. The van der Waals surface area contributed by atoms with Gasteiger partial charge in [0, 0.05) is 10.6 Å². The Kier molecular flexibility index (Phi) is 4.11. The van der Waals surface area contributed by atoms with Crippen molar-refractivity contribution in [3.05, 3.63) is 65.0 Å². The van der Waals surface area contributed by atoms with Gasteiger partial charge in [-0.05, 0) is 55.8 Å². The monoisotopic (exact) mass is 314 g/mol. The Morgan fingerprint density at radius 2 is 1.91 bits per heavy atom. The minimum atomic E-state index is -0.324. The number of hydrogen-bond donors (Lipinski definition) is 0. The molecule has 0 bridgehead atoms. The second kappa shape index (κ2) is 6.20. The van der Waals surface area contributed by atoms with E-state index < -0.39 is 0 Å². The third-order valence-electron chi connectivity index (χ3n) is 3.19. The predicted octanol–water partition coefficient (Wildman–Crippen LogP) is 4.84. The highest BCUT2D eigenvalue weighted by molar-refractivity contribution is 6.30. The van der Waals surface area contributed by atoms with E-state index in [1.165, 1.54) is 0 Å². The van der Waals surface area contributed by atoms with Crippen molar-refractivity contribution in [2.75, 3.05) is 0 Å². The number of rotatable bonds is 4. The zero-order valence-corrected chi connectivity index (χ0v) is 13.0. The van der Waals surface area contributed by atoms with E-state index in [1.807, 2.05) is 50.2 Å². The highest BCUT2D eigenvalue weighted by Gasteiger charge is 2.16. The Bertz CT molecular complexity index is 768. The summed E-state index contributed by atoms with van der Waals surface area (Å²) in [5.74, 6) is 1.73. The van der Waals surface area contributed by atoms with Crippen LogP contribution < -0.4 is 4.74 Å². The first kappa shape index (κ1) is 14.6. The van der Waals surface area contributed by atoms with Gasteiger partial charge in [0.05, 0.1) is 0 Å². The molecular formula is C17H15ClN2O2. The van der Waals surface area contributed by atoms with E-state index in [2.05, 4.69) is 10.1 Å². The van der Waals surface area contributed by atoms with Crippen LogP contribution in [-0.2, 0) is 0 Å². The van der Waals surface area contributed by atoms with E-state index in [-0.39, 0.29) is 6.10 Å². The van der Waals surface area contributed by atoms with Gasteiger partial charge in [0.1, 0.15) is 5.75 Å². The second-order valence-corrected chi connectivity index (χ2v) is 5.48. The number of aryl methyl sites for hydroxylation is 1. The van der Waals surface area contributed by atoms with Crippen LogP contribution in [0.5, 0.6) is 5.75 Å². The van der Waals surface area contributed by atoms with E-state index in [0.717, 1.165) is 16.9 Å². The summed E-state index contributed by atoms with van der Waals surface area (Å²) in [6, 6.07) is 15.1. The maximum atomic E-state index is 5.87. The molecule has 0 aliphatic heterocycles. The molecule has 0 aliphatic rings. The molecule has 1 aromatic heterocycles. The molecule has 22 heavy (non-hydrogen) atoms. The average Bonchev–Trinajstić information content (AvgIpc) is 2.98. The van der Waals surface area contributed by atoms with Crippen molar-refractivity contribution in [3.8, 4) is 17.1 Å².